The molecule has 0 bridgehead atoms. The van der Waals surface area contributed by atoms with E-state index < -0.39 is 47.7 Å². The van der Waals surface area contributed by atoms with E-state index >= 15 is 0 Å². The van der Waals surface area contributed by atoms with Gasteiger partial charge in [0, 0.05) is 18.0 Å². The Balaban J connectivity index is 1.36. The van der Waals surface area contributed by atoms with Crippen molar-refractivity contribution >= 4 is 41.1 Å². The first-order valence-corrected chi connectivity index (χ1v) is 17.2. The smallest absolute Gasteiger partial charge is 0.255 e. The number of rotatable bonds is 7. The lowest BCUT2D eigenvalue weighted by Crippen LogP contribution is -2.62. The van der Waals surface area contributed by atoms with Gasteiger partial charge in [-0.3, -0.25) is 24.0 Å². The van der Waals surface area contributed by atoms with E-state index in [4.69, 9.17) is 21.1 Å². The van der Waals surface area contributed by atoms with Crippen molar-refractivity contribution in [2.75, 3.05) is 26.3 Å². The molecule has 1 aliphatic carbocycles. The van der Waals surface area contributed by atoms with Gasteiger partial charge in [0.2, 0.25) is 23.6 Å². The molecule has 3 aromatic carbocycles. The lowest BCUT2D eigenvalue weighted by atomic mass is 9.94. The minimum absolute atomic E-state index is 0.0896. The van der Waals surface area contributed by atoms with Crippen molar-refractivity contribution in [1.29, 1.82) is 0 Å². The van der Waals surface area contributed by atoms with E-state index in [1.807, 2.05) is 30.3 Å². The molecule has 2 aliphatic rings. The molecule has 264 valence electrons. The fraction of sp³-hybridized carbons (Fsp3) is 0.378. The SMILES string of the molecule is O=C1C[C@@H](C(=O)NCCOc2ccc(Cl)cc2)NC(=O)c2ccccc2OCCCNC(=O)[C@H](Cc2ccccc2)NC(=O)C2(CCCC2)N1. The molecule has 5 rings (SSSR count). The summed E-state index contributed by atoms with van der Waals surface area (Å²) in [6.45, 7) is 0.661. The molecule has 1 aliphatic heterocycles. The Morgan fingerprint density at radius 3 is 2.38 bits per heavy atom. The van der Waals surface area contributed by atoms with Gasteiger partial charge < -0.3 is 36.1 Å². The first-order chi connectivity index (χ1) is 24.2. The third-order valence-corrected chi connectivity index (χ3v) is 8.93. The number of ether oxygens (including phenoxy) is 2. The summed E-state index contributed by atoms with van der Waals surface area (Å²) in [6, 6.07) is 20.5. The maximum Gasteiger partial charge on any atom is 0.255 e. The normalized spacial score (nSPS) is 20.1. The van der Waals surface area contributed by atoms with Crippen LogP contribution < -0.4 is 36.1 Å². The second-order valence-corrected chi connectivity index (χ2v) is 12.8. The molecule has 0 unspecified atom stereocenters. The highest BCUT2D eigenvalue weighted by Gasteiger charge is 2.44. The van der Waals surface area contributed by atoms with Crippen molar-refractivity contribution in [3.8, 4) is 11.5 Å². The van der Waals surface area contributed by atoms with Gasteiger partial charge >= 0.3 is 0 Å². The van der Waals surface area contributed by atoms with Crippen molar-refractivity contribution in [2.45, 2.75) is 62.6 Å². The number of nitrogens with one attached hydrogen (secondary N) is 5. The van der Waals surface area contributed by atoms with E-state index in [2.05, 4.69) is 26.6 Å². The molecule has 0 radical (unpaired) electrons. The summed E-state index contributed by atoms with van der Waals surface area (Å²) in [5.41, 5.74) is -0.241. The maximum absolute atomic E-state index is 13.9. The molecule has 13 heteroatoms. The number of halogens is 1. The van der Waals surface area contributed by atoms with Gasteiger partial charge in [-0.05, 0) is 61.2 Å². The third kappa shape index (κ3) is 9.97. The predicted octanol–water partition coefficient (Wildman–Crippen LogP) is 3.08. The number of carbonyl (C=O) groups excluding carboxylic acids is 5. The van der Waals surface area contributed by atoms with Gasteiger partial charge in [0.15, 0.2) is 0 Å². The second-order valence-electron chi connectivity index (χ2n) is 12.4. The van der Waals surface area contributed by atoms with Crippen LogP contribution >= 0.6 is 11.6 Å². The van der Waals surface area contributed by atoms with E-state index in [1.165, 1.54) is 0 Å². The van der Waals surface area contributed by atoms with Crippen molar-refractivity contribution in [3.63, 3.8) is 0 Å². The van der Waals surface area contributed by atoms with Gasteiger partial charge in [0.1, 0.15) is 35.7 Å². The predicted molar refractivity (Wildman–Crippen MR) is 187 cm³/mol. The monoisotopic (exact) mass is 703 g/mol. The van der Waals surface area contributed by atoms with Crippen LogP contribution in [0.3, 0.4) is 0 Å². The minimum Gasteiger partial charge on any atom is -0.493 e. The number of amides is 5. The summed E-state index contributed by atoms with van der Waals surface area (Å²) in [7, 11) is 0. The molecule has 5 amide bonds. The van der Waals surface area contributed by atoms with Crippen molar-refractivity contribution in [3.05, 3.63) is 95.0 Å². The zero-order chi connectivity index (χ0) is 35.3. The summed E-state index contributed by atoms with van der Waals surface area (Å²) < 4.78 is 11.6. The summed E-state index contributed by atoms with van der Waals surface area (Å²) in [4.78, 5) is 68.0. The number of benzene rings is 3. The van der Waals surface area contributed by atoms with E-state index in [9.17, 15) is 24.0 Å². The van der Waals surface area contributed by atoms with Gasteiger partial charge in [-0.2, -0.15) is 0 Å². The Morgan fingerprint density at radius 1 is 0.900 bits per heavy atom. The van der Waals surface area contributed by atoms with E-state index in [0.717, 1.165) is 5.56 Å². The van der Waals surface area contributed by atoms with Crippen LogP contribution in [0.2, 0.25) is 5.02 Å². The lowest BCUT2D eigenvalue weighted by molar-refractivity contribution is -0.136. The Morgan fingerprint density at radius 2 is 1.62 bits per heavy atom. The highest BCUT2D eigenvalue weighted by Crippen LogP contribution is 2.30. The van der Waals surface area contributed by atoms with Crippen LogP contribution in [0.4, 0.5) is 0 Å². The average Bonchev–Trinajstić information content (AvgIpc) is 3.59. The third-order valence-electron chi connectivity index (χ3n) is 8.68. The molecular formula is C37H42ClN5O7. The van der Waals surface area contributed by atoms with Crippen LogP contribution in [0.15, 0.2) is 78.9 Å². The quantitative estimate of drug-likeness (QED) is 0.236. The van der Waals surface area contributed by atoms with E-state index in [-0.39, 0.29) is 49.9 Å². The van der Waals surface area contributed by atoms with Crippen molar-refractivity contribution in [1.82, 2.24) is 26.6 Å². The van der Waals surface area contributed by atoms with Crippen LogP contribution in [0.25, 0.3) is 0 Å². The van der Waals surface area contributed by atoms with Gasteiger partial charge in [0.05, 0.1) is 25.1 Å². The van der Waals surface area contributed by atoms with Gasteiger partial charge in [-0.15, -0.1) is 0 Å². The Hall–Kier alpha value is -5.10. The molecule has 1 saturated carbocycles. The first-order valence-electron chi connectivity index (χ1n) is 16.8. The number of hydrogen-bond donors (Lipinski definition) is 5. The van der Waals surface area contributed by atoms with E-state index in [0.29, 0.717) is 42.9 Å². The largest absolute Gasteiger partial charge is 0.493 e. The van der Waals surface area contributed by atoms with E-state index in [1.54, 1.807) is 48.5 Å². The number of fused-ring (bicyclic) bond motifs is 1. The molecule has 3 aromatic rings. The molecule has 1 fully saturated rings. The fourth-order valence-electron chi connectivity index (χ4n) is 6.06. The highest BCUT2D eigenvalue weighted by molar-refractivity contribution is 6.30. The topological polar surface area (TPSA) is 164 Å². The Kier molecular flexibility index (Phi) is 12.7. The van der Waals surface area contributed by atoms with Gasteiger partial charge in [-0.25, -0.2) is 0 Å². The number of hydrogen-bond acceptors (Lipinski definition) is 7. The molecule has 50 heavy (non-hydrogen) atoms. The molecule has 2 atom stereocenters. The minimum atomic E-state index is -1.29. The molecule has 1 spiro atoms. The summed E-state index contributed by atoms with van der Waals surface area (Å²) in [5, 5.41) is 14.7. The zero-order valence-corrected chi connectivity index (χ0v) is 28.4. The van der Waals surface area contributed by atoms with Crippen molar-refractivity contribution < 1.29 is 33.4 Å². The second kappa shape index (κ2) is 17.5. The zero-order valence-electron chi connectivity index (χ0n) is 27.7. The molecule has 1 heterocycles. The van der Waals surface area contributed by atoms with Gasteiger partial charge in [-0.1, -0.05) is 66.9 Å². The average molecular weight is 704 g/mol. The van der Waals surface area contributed by atoms with Crippen molar-refractivity contribution in [2.24, 2.45) is 0 Å². The van der Waals surface area contributed by atoms with Gasteiger partial charge in [0.25, 0.3) is 5.91 Å². The molecule has 12 nitrogen and oxygen atoms in total. The standard InChI is InChI=1S/C37H42ClN5O7/c38-26-13-15-27(16-14-26)49-22-20-40-35(47)30-24-32(44)43-37(17-6-7-18-37)36(48)42-29(23-25-9-2-1-3-10-25)34(46)39-19-8-21-50-31-12-5-4-11-28(31)33(45)41-30/h1-5,9-16,29-30H,6-8,17-24H2,(H,39,46)(H,40,47)(H,41,45)(H,42,48)(H,43,44)/t29-,30-/m0/s1. The van der Waals surface area contributed by atoms with Crippen LogP contribution in [0.5, 0.6) is 11.5 Å². The molecule has 0 aromatic heterocycles. The molecule has 5 N–H and O–H groups in total. The fourth-order valence-corrected chi connectivity index (χ4v) is 6.18. The summed E-state index contributed by atoms with van der Waals surface area (Å²) >= 11 is 5.93. The maximum atomic E-state index is 13.9. The summed E-state index contributed by atoms with van der Waals surface area (Å²) in [6.07, 6.45) is 2.34. The molecular weight excluding hydrogens is 662 g/mol. The van der Waals surface area contributed by atoms with Crippen LogP contribution in [-0.4, -0.2) is 73.5 Å². The Labute approximate surface area is 296 Å². The number of carbonyl (C=O) groups is 5. The van der Waals surface area contributed by atoms with Crippen LogP contribution in [0.1, 0.15) is 54.4 Å². The Bertz CT molecular complexity index is 1650. The number of para-hydroxylation sites is 1. The molecule has 0 saturated heterocycles. The summed E-state index contributed by atoms with van der Waals surface area (Å²) in [5.74, 6) is -1.80. The van der Waals surface area contributed by atoms with Crippen LogP contribution in [0, 0.1) is 0 Å². The highest BCUT2D eigenvalue weighted by atomic mass is 35.5. The first kappa shape index (κ1) is 36.2. The lowest BCUT2D eigenvalue weighted by Gasteiger charge is -2.32. The van der Waals surface area contributed by atoms with Crippen LogP contribution in [-0.2, 0) is 25.6 Å².